The maximum atomic E-state index is 10.4. The molecule has 4 nitrogen and oxygen atoms in total. The molecule has 4 heteroatoms. The number of amidine groups is 1. The minimum absolute atomic E-state index is 0.130. The lowest BCUT2D eigenvalue weighted by Crippen LogP contribution is -2.31. The molecule has 0 aromatic rings. The van der Waals surface area contributed by atoms with E-state index in [1.807, 2.05) is 27.7 Å². The minimum Gasteiger partial charge on any atom is -0.481 e. The zero-order chi connectivity index (χ0) is 11.1. The van der Waals surface area contributed by atoms with Crippen molar-refractivity contribution in [2.24, 2.45) is 4.99 Å². The number of aliphatic imine (C=N–C) groups is 1. The van der Waals surface area contributed by atoms with Gasteiger partial charge in [-0.1, -0.05) is 0 Å². The van der Waals surface area contributed by atoms with E-state index in [0.29, 0.717) is 12.5 Å². The lowest BCUT2D eigenvalue weighted by Gasteiger charge is -2.13. The Hall–Kier alpha value is -1.06. The van der Waals surface area contributed by atoms with Crippen LogP contribution in [0.25, 0.3) is 0 Å². The second-order valence-electron chi connectivity index (χ2n) is 3.86. The highest BCUT2D eigenvalue weighted by atomic mass is 16.4. The van der Waals surface area contributed by atoms with Crippen LogP contribution in [0.4, 0.5) is 0 Å². The first kappa shape index (κ1) is 12.9. The Morgan fingerprint density at radius 1 is 1.29 bits per heavy atom. The lowest BCUT2D eigenvalue weighted by molar-refractivity contribution is -0.136. The van der Waals surface area contributed by atoms with Crippen molar-refractivity contribution < 1.29 is 9.90 Å². The monoisotopic (exact) mass is 200 g/mol. The molecule has 0 fully saturated rings. The summed E-state index contributed by atoms with van der Waals surface area (Å²) in [4.78, 5) is 14.7. The fraction of sp³-hybridized carbons (Fsp3) is 0.800. The van der Waals surface area contributed by atoms with Crippen LogP contribution in [-0.2, 0) is 4.79 Å². The van der Waals surface area contributed by atoms with E-state index in [4.69, 9.17) is 5.11 Å². The van der Waals surface area contributed by atoms with Crippen molar-refractivity contribution in [3.63, 3.8) is 0 Å². The van der Waals surface area contributed by atoms with Crippen molar-refractivity contribution in [1.29, 1.82) is 0 Å². The van der Waals surface area contributed by atoms with Gasteiger partial charge in [-0.25, -0.2) is 0 Å². The molecule has 0 aromatic carbocycles. The van der Waals surface area contributed by atoms with Crippen molar-refractivity contribution >= 4 is 11.8 Å². The first-order chi connectivity index (χ1) is 6.41. The van der Waals surface area contributed by atoms with Crippen molar-refractivity contribution in [2.75, 3.05) is 0 Å². The van der Waals surface area contributed by atoms with Gasteiger partial charge in [0, 0.05) is 18.5 Å². The Kier molecular flexibility index (Phi) is 5.92. The summed E-state index contributed by atoms with van der Waals surface area (Å²) < 4.78 is 0. The predicted molar refractivity (Wildman–Crippen MR) is 57.7 cm³/mol. The quantitative estimate of drug-likeness (QED) is 0.524. The largest absolute Gasteiger partial charge is 0.481 e. The van der Waals surface area contributed by atoms with Gasteiger partial charge < -0.3 is 10.4 Å². The van der Waals surface area contributed by atoms with E-state index >= 15 is 0 Å². The molecule has 0 aliphatic heterocycles. The molecule has 0 unspecified atom stereocenters. The summed E-state index contributed by atoms with van der Waals surface area (Å²) >= 11 is 0. The fourth-order valence-corrected chi connectivity index (χ4v) is 1.04. The molecule has 0 radical (unpaired) electrons. The van der Waals surface area contributed by atoms with E-state index in [0.717, 1.165) is 5.84 Å². The molecule has 2 N–H and O–H groups in total. The molecular weight excluding hydrogens is 180 g/mol. The molecule has 0 bridgehead atoms. The maximum absolute atomic E-state index is 10.4. The molecule has 82 valence electrons. The average Bonchev–Trinajstić information content (AvgIpc) is 1.97. The highest BCUT2D eigenvalue weighted by Gasteiger charge is 2.05. The molecule has 14 heavy (non-hydrogen) atoms. The Morgan fingerprint density at radius 2 is 1.86 bits per heavy atom. The van der Waals surface area contributed by atoms with Gasteiger partial charge in [-0.3, -0.25) is 9.79 Å². The summed E-state index contributed by atoms with van der Waals surface area (Å²) in [7, 11) is 0. The van der Waals surface area contributed by atoms with Gasteiger partial charge in [-0.15, -0.1) is 0 Å². The summed E-state index contributed by atoms with van der Waals surface area (Å²) in [5.41, 5.74) is 0. The topological polar surface area (TPSA) is 61.7 Å². The lowest BCUT2D eigenvalue weighted by atomic mass is 10.2. The molecule has 0 amide bonds. The highest BCUT2D eigenvalue weighted by molar-refractivity contribution is 5.85. The Labute approximate surface area is 85.4 Å². The minimum atomic E-state index is -0.785. The number of nitrogens with one attached hydrogen (secondary N) is 1. The Bertz CT molecular complexity index is 210. The molecule has 0 aromatic heterocycles. The molecule has 0 saturated heterocycles. The zero-order valence-corrected chi connectivity index (χ0v) is 9.37. The molecule has 0 heterocycles. The van der Waals surface area contributed by atoms with E-state index < -0.39 is 5.97 Å². The molecule has 0 aliphatic carbocycles. The third-order valence-corrected chi connectivity index (χ3v) is 1.44. The van der Waals surface area contributed by atoms with E-state index in [2.05, 4.69) is 10.3 Å². The van der Waals surface area contributed by atoms with Gasteiger partial charge in [0.25, 0.3) is 0 Å². The van der Waals surface area contributed by atoms with Gasteiger partial charge in [0.1, 0.15) is 0 Å². The standard InChI is InChI=1S/C10H20N2O2/c1-7(2)11-9(12-8(3)4)5-6-10(13)14/h7-8H,5-6H2,1-4H3,(H,11,12)(H,13,14). The number of hydrogen-bond donors (Lipinski definition) is 2. The summed E-state index contributed by atoms with van der Waals surface area (Å²) in [6.45, 7) is 7.97. The second-order valence-corrected chi connectivity index (χ2v) is 3.86. The van der Waals surface area contributed by atoms with Gasteiger partial charge in [0.05, 0.1) is 12.3 Å². The summed E-state index contributed by atoms with van der Waals surface area (Å²) in [6.07, 6.45) is 0.608. The van der Waals surface area contributed by atoms with Crippen LogP contribution in [0.5, 0.6) is 0 Å². The van der Waals surface area contributed by atoms with Crippen LogP contribution in [0, 0.1) is 0 Å². The normalized spacial score (nSPS) is 12.3. The smallest absolute Gasteiger partial charge is 0.303 e. The number of carbonyl (C=O) groups is 1. The first-order valence-electron chi connectivity index (χ1n) is 4.96. The number of carboxylic acids is 1. The fourth-order valence-electron chi connectivity index (χ4n) is 1.04. The molecule has 0 saturated carbocycles. The van der Waals surface area contributed by atoms with Crippen LogP contribution in [0.15, 0.2) is 4.99 Å². The SMILES string of the molecule is CC(C)N=C(CCC(=O)O)NC(C)C. The summed E-state index contributed by atoms with van der Waals surface area (Å²) in [5.74, 6) is 0.00409. The second kappa shape index (κ2) is 6.40. The van der Waals surface area contributed by atoms with Gasteiger partial charge in [0.2, 0.25) is 0 Å². The Morgan fingerprint density at radius 3 is 2.21 bits per heavy atom. The van der Waals surface area contributed by atoms with Crippen molar-refractivity contribution in [3.8, 4) is 0 Å². The maximum Gasteiger partial charge on any atom is 0.303 e. The van der Waals surface area contributed by atoms with Crippen LogP contribution in [-0.4, -0.2) is 29.0 Å². The number of aliphatic carboxylic acids is 1. The van der Waals surface area contributed by atoms with Crippen LogP contribution in [0.1, 0.15) is 40.5 Å². The molecule has 0 spiro atoms. The summed E-state index contributed by atoms with van der Waals surface area (Å²) in [6, 6.07) is 0.492. The molecule has 0 aliphatic rings. The third-order valence-electron chi connectivity index (χ3n) is 1.44. The van der Waals surface area contributed by atoms with Gasteiger partial charge in [-0.2, -0.15) is 0 Å². The first-order valence-corrected chi connectivity index (χ1v) is 4.96. The van der Waals surface area contributed by atoms with Gasteiger partial charge >= 0.3 is 5.97 Å². The predicted octanol–water partition coefficient (Wildman–Crippen LogP) is 1.66. The van der Waals surface area contributed by atoms with Crippen LogP contribution < -0.4 is 5.32 Å². The number of hydrogen-bond acceptors (Lipinski definition) is 2. The van der Waals surface area contributed by atoms with E-state index in [1.54, 1.807) is 0 Å². The van der Waals surface area contributed by atoms with E-state index in [-0.39, 0.29) is 12.5 Å². The number of nitrogens with zero attached hydrogens (tertiary/aromatic N) is 1. The molecule has 0 rings (SSSR count). The molecule has 0 atom stereocenters. The van der Waals surface area contributed by atoms with Crippen LogP contribution in [0.3, 0.4) is 0 Å². The van der Waals surface area contributed by atoms with Gasteiger partial charge in [0.15, 0.2) is 0 Å². The van der Waals surface area contributed by atoms with Gasteiger partial charge in [-0.05, 0) is 27.7 Å². The number of carboxylic acid groups (broad SMARTS) is 1. The van der Waals surface area contributed by atoms with E-state index in [1.165, 1.54) is 0 Å². The van der Waals surface area contributed by atoms with Crippen molar-refractivity contribution in [1.82, 2.24) is 5.32 Å². The third kappa shape index (κ3) is 7.58. The average molecular weight is 200 g/mol. The highest BCUT2D eigenvalue weighted by Crippen LogP contribution is 1.96. The van der Waals surface area contributed by atoms with Crippen LogP contribution >= 0.6 is 0 Å². The van der Waals surface area contributed by atoms with Crippen molar-refractivity contribution in [3.05, 3.63) is 0 Å². The number of rotatable bonds is 5. The summed E-state index contributed by atoms with van der Waals surface area (Å²) in [5, 5.41) is 11.7. The van der Waals surface area contributed by atoms with Crippen molar-refractivity contribution in [2.45, 2.75) is 52.6 Å². The Balaban J connectivity index is 4.18. The zero-order valence-electron chi connectivity index (χ0n) is 9.37. The van der Waals surface area contributed by atoms with E-state index in [9.17, 15) is 4.79 Å². The molecular formula is C10H20N2O2. The van der Waals surface area contributed by atoms with Crippen LogP contribution in [0.2, 0.25) is 0 Å².